The Bertz CT molecular complexity index is 989. The van der Waals surface area contributed by atoms with Gasteiger partial charge in [-0.15, -0.1) is 0 Å². The molecule has 1 heterocycles. The van der Waals surface area contributed by atoms with Crippen molar-refractivity contribution in [3.8, 4) is 5.75 Å². The third-order valence-electron chi connectivity index (χ3n) is 3.88. The highest BCUT2D eigenvalue weighted by Gasteiger charge is 2.10. The third-order valence-corrected chi connectivity index (χ3v) is 4.53. The van der Waals surface area contributed by atoms with Gasteiger partial charge in [-0.1, -0.05) is 24.3 Å². The zero-order valence-corrected chi connectivity index (χ0v) is 16.3. The lowest BCUT2D eigenvalue weighted by Crippen LogP contribution is -2.27. The molecular weight excluding hydrogens is 428 g/mol. The molecule has 1 amide bonds. The Labute approximate surface area is 169 Å². The van der Waals surface area contributed by atoms with Crippen molar-refractivity contribution in [2.24, 2.45) is 0 Å². The van der Waals surface area contributed by atoms with Gasteiger partial charge in [0.1, 0.15) is 24.8 Å². The summed E-state index contributed by atoms with van der Waals surface area (Å²) in [4.78, 5) is 22.5. The predicted molar refractivity (Wildman–Crippen MR) is 106 cm³/mol. The molecule has 3 aromatic rings. The highest BCUT2D eigenvalue weighted by molar-refractivity contribution is 9.10. The lowest BCUT2D eigenvalue weighted by molar-refractivity contribution is -0.385. The highest BCUT2D eigenvalue weighted by Crippen LogP contribution is 2.24. The Kier molecular flexibility index (Phi) is 6.38. The van der Waals surface area contributed by atoms with Gasteiger partial charge >= 0.3 is 5.69 Å². The minimum absolute atomic E-state index is 0.0796. The number of nitro groups is 1. The van der Waals surface area contributed by atoms with Crippen LogP contribution in [0, 0.1) is 10.1 Å². The van der Waals surface area contributed by atoms with Crippen LogP contribution in [0.1, 0.15) is 15.9 Å². The fourth-order valence-corrected chi connectivity index (χ4v) is 2.88. The fraction of sp³-hybridized carbons (Fsp3) is 0.158. The Morgan fingerprint density at radius 3 is 2.82 bits per heavy atom. The van der Waals surface area contributed by atoms with Gasteiger partial charge in [-0.05, 0) is 45.8 Å². The van der Waals surface area contributed by atoms with E-state index in [9.17, 15) is 14.9 Å². The number of nitrogens with one attached hydrogen (secondary N) is 1. The summed E-state index contributed by atoms with van der Waals surface area (Å²) < 4.78 is 8.05. The van der Waals surface area contributed by atoms with Crippen LogP contribution in [-0.2, 0) is 13.2 Å². The molecule has 2 aromatic carbocycles. The molecule has 3 rings (SSSR count). The molecule has 0 aliphatic carbocycles. The molecule has 0 fully saturated rings. The van der Waals surface area contributed by atoms with E-state index in [-0.39, 0.29) is 11.6 Å². The first kappa shape index (κ1) is 19.6. The van der Waals surface area contributed by atoms with Crippen LogP contribution in [0.3, 0.4) is 0 Å². The smallest absolute Gasteiger partial charge is 0.306 e. The Balaban J connectivity index is 1.53. The first-order valence-electron chi connectivity index (χ1n) is 8.44. The van der Waals surface area contributed by atoms with Crippen LogP contribution in [0.2, 0.25) is 0 Å². The summed E-state index contributed by atoms with van der Waals surface area (Å²) in [7, 11) is 0. The van der Waals surface area contributed by atoms with Crippen molar-refractivity contribution in [2.45, 2.75) is 13.2 Å². The summed E-state index contributed by atoms with van der Waals surface area (Å²) in [6, 6.07) is 14.7. The van der Waals surface area contributed by atoms with Gasteiger partial charge in [-0.25, -0.2) is 0 Å². The van der Waals surface area contributed by atoms with Crippen molar-refractivity contribution in [2.75, 3.05) is 6.54 Å². The van der Waals surface area contributed by atoms with Crippen molar-refractivity contribution in [3.05, 3.63) is 86.6 Å². The molecule has 8 nitrogen and oxygen atoms in total. The fourth-order valence-electron chi connectivity index (χ4n) is 2.48. The lowest BCUT2D eigenvalue weighted by Gasteiger charge is -2.10. The predicted octanol–water partition coefficient (Wildman–Crippen LogP) is 3.56. The average molecular weight is 445 g/mol. The van der Waals surface area contributed by atoms with Crippen molar-refractivity contribution in [1.82, 2.24) is 15.1 Å². The maximum absolute atomic E-state index is 12.3. The van der Waals surface area contributed by atoms with E-state index in [1.807, 2.05) is 30.3 Å². The minimum Gasteiger partial charge on any atom is -0.488 e. The van der Waals surface area contributed by atoms with Gasteiger partial charge in [0.25, 0.3) is 5.91 Å². The zero-order valence-electron chi connectivity index (χ0n) is 14.7. The normalized spacial score (nSPS) is 10.5. The van der Waals surface area contributed by atoms with Gasteiger partial charge in [0.15, 0.2) is 0 Å². The Hall–Kier alpha value is -3.20. The molecule has 0 unspecified atom stereocenters. The second kappa shape index (κ2) is 9.14. The van der Waals surface area contributed by atoms with Crippen LogP contribution in [0.25, 0.3) is 0 Å². The summed E-state index contributed by atoms with van der Waals surface area (Å²) in [5.74, 6) is 0.495. The van der Waals surface area contributed by atoms with Gasteiger partial charge in [0, 0.05) is 12.1 Å². The Morgan fingerprint density at radius 2 is 2.07 bits per heavy atom. The van der Waals surface area contributed by atoms with Gasteiger partial charge in [-0.3, -0.25) is 19.6 Å². The minimum atomic E-state index is -0.510. The number of hydrogen-bond donors (Lipinski definition) is 1. The van der Waals surface area contributed by atoms with Crippen LogP contribution >= 0.6 is 15.9 Å². The summed E-state index contributed by atoms with van der Waals surface area (Å²) in [5.41, 5.74) is 1.30. The molecule has 1 aromatic heterocycles. The largest absolute Gasteiger partial charge is 0.488 e. The SMILES string of the molecule is O=C(NCCn1cc([N+](=O)[O-])cn1)c1cccc(COc2ccccc2Br)c1. The standard InChI is InChI=1S/C19H17BrN4O4/c20-17-6-1-2-7-18(17)28-13-14-4-3-5-15(10-14)19(25)21-8-9-23-12-16(11-22-23)24(26)27/h1-7,10-12H,8-9,13H2,(H,21,25). The number of aromatic nitrogens is 2. The molecule has 0 spiro atoms. The van der Waals surface area contributed by atoms with Crippen LogP contribution in [-0.4, -0.2) is 27.2 Å². The number of rotatable bonds is 8. The van der Waals surface area contributed by atoms with E-state index in [4.69, 9.17) is 4.74 Å². The third kappa shape index (κ3) is 5.17. The average Bonchev–Trinajstić information content (AvgIpc) is 3.17. The molecular formula is C19H17BrN4O4. The van der Waals surface area contributed by atoms with E-state index < -0.39 is 4.92 Å². The van der Waals surface area contributed by atoms with Gasteiger partial charge in [-0.2, -0.15) is 5.10 Å². The zero-order chi connectivity index (χ0) is 19.9. The van der Waals surface area contributed by atoms with Crippen LogP contribution in [0.5, 0.6) is 5.75 Å². The maximum Gasteiger partial charge on any atom is 0.306 e. The second-order valence-electron chi connectivity index (χ2n) is 5.89. The lowest BCUT2D eigenvalue weighted by atomic mass is 10.1. The summed E-state index contributed by atoms with van der Waals surface area (Å²) in [6.45, 7) is 0.973. The molecule has 1 N–H and O–H groups in total. The quantitative estimate of drug-likeness (QED) is 0.422. The molecule has 0 saturated heterocycles. The van der Waals surface area contributed by atoms with E-state index in [2.05, 4.69) is 26.3 Å². The molecule has 0 radical (unpaired) electrons. The van der Waals surface area contributed by atoms with E-state index >= 15 is 0 Å². The van der Waals surface area contributed by atoms with Crippen molar-refractivity contribution in [3.63, 3.8) is 0 Å². The van der Waals surface area contributed by atoms with Crippen LogP contribution < -0.4 is 10.1 Å². The number of nitrogens with zero attached hydrogens (tertiary/aromatic N) is 3. The van der Waals surface area contributed by atoms with Gasteiger partial charge in [0.05, 0.1) is 15.9 Å². The van der Waals surface area contributed by atoms with E-state index in [0.717, 1.165) is 15.8 Å². The van der Waals surface area contributed by atoms with Crippen molar-refractivity contribution in [1.29, 1.82) is 0 Å². The molecule has 0 aliphatic heterocycles. The first-order chi connectivity index (χ1) is 13.5. The molecule has 144 valence electrons. The number of para-hydroxylation sites is 1. The van der Waals surface area contributed by atoms with Crippen molar-refractivity contribution >= 4 is 27.5 Å². The van der Waals surface area contributed by atoms with E-state index in [1.54, 1.807) is 18.2 Å². The number of benzene rings is 2. The monoisotopic (exact) mass is 444 g/mol. The van der Waals surface area contributed by atoms with E-state index in [1.165, 1.54) is 17.1 Å². The van der Waals surface area contributed by atoms with Crippen LogP contribution in [0.4, 0.5) is 5.69 Å². The maximum atomic E-state index is 12.3. The topological polar surface area (TPSA) is 99.3 Å². The molecule has 0 atom stereocenters. The number of hydrogen-bond acceptors (Lipinski definition) is 5. The highest BCUT2D eigenvalue weighted by atomic mass is 79.9. The molecule has 28 heavy (non-hydrogen) atoms. The summed E-state index contributed by atoms with van der Waals surface area (Å²) in [6.07, 6.45) is 2.50. The van der Waals surface area contributed by atoms with Crippen LogP contribution in [0.15, 0.2) is 65.4 Å². The number of ether oxygens (including phenoxy) is 1. The second-order valence-corrected chi connectivity index (χ2v) is 6.75. The number of amides is 1. The first-order valence-corrected chi connectivity index (χ1v) is 9.23. The molecule has 0 bridgehead atoms. The number of halogens is 1. The van der Waals surface area contributed by atoms with Crippen molar-refractivity contribution < 1.29 is 14.5 Å². The number of carbonyl (C=O) groups excluding carboxylic acids is 1. The molecule has 0 aliphatic rings. The van der Waals surface area contributed by atoms with Gasteiger partial charge < -0.3 is 10.1 Å². The summed E-state index contributed by atoms with van der Waals surface area (Å²) >= 11 is 3.43. The molecule has 0 saturated carbocycles. The molecule has 9 heteroatoms. The Morgan fingerprint density at radius 1 is 1.25 bits per heavy atom. The number of carbonyl (C=O) groups is 1. The van der Waals surface area contributed by atoms with Gasteiger partial charge in [0.2, 0.25) is 0 Å². The summed E-state index contributed by atoms with van der Waals surface area (Å²) in [5, 5.41) is 17.3. The van der Waals surface area contributed by atoms with E-state index in [0.29, 0.717) is 25.3 Å².